The number of carbonyl (C=O) groups excluding carboxylic acids is 1. The lowest BCUT2D eigenvalue weighted by Crippen LogP contribution is -2.46. The minimum Gasteiger partial charge on any atom is -0.351 e. The number of hydrogen-bond donors (Lipinski definition) is 2. The zero-order valence-electron chi connectivity index (χ0n) is 9.14. The van der Waals surface area contributed by atoms with Crippen molar-refractivity contribution in [1.29, 1.82) is 0 Å². The van der Waals surface area contributed by atoms with Crippen LogP contribution in [0.5, 0.6) is 0 Å². The van der Waals surface area contributed by atoms with Gasteiger partial charge in [-0.1, -0.05) is 12.2 Å². The maximum Gasteiger partial charge on any atom is 0.237 e. The highest BCUT2D eigenvalue weighted by Crippen LogP contribution is 2.08. The van der Waals surface area contributed by atoms with Crippen LogP contribution < -0.4 is 10.6 Å². The highest BCUT2D eigenvalue weighted by molar-refractivity contribution is 7.94. The number of rotatable bonds is 5. The Hall–Kier alpha value is -1.14. The molecule has 0 aliphatic carbocycles. The largest absolute Gasteiger partial charge is 0.351 e. The maximum atomic E-state index is 11.5. The van der Waals surface area contributed by atoms with Crippen LogP contribution in [-0.2, 0) is 14.6 Å². The molecule has 0 fully saturated rings. The van der Waals surface area contributed by atoms with Gasteiger partial charge in [-0.3, -0.25) is 10.1 Å². The second kappa shape index (κ2) is 5.27. The zero-order chi connectivity index (χ0) is 12.2. The SMILES string of the molecule is C=CCNC(=O)C(C)NC1C=CS(=O)(=O)C1. The van der Waals surface area contributed by atoms with E-state index in [0.717, 1.165) is 0 Å². The molecule has 0 bridgehead atoms. The fourth-order valence-corrected chi connectivity index (χ4v) is 2.65. The molecule has 0 aromatic heterocycles. The van der Waals surface area contributed by atoms with Crippen molar-refractivity contribution in [3.63, 3.8) is 0 Å². The number of hydrogen-bond acceptors (Lipinski definition) is 4. The molecule has 0 radical (unpaired) electrons. The lowest BCUT2D eigenvalue weighted by Gasteiger charge is -2.16. The molecule has 2 atom stereocenters. The zero-order valence-corrected chi connectivity index (χ0v) is 9.96. The number of nitrogens with one attached hydrogen (secondary N) is 2. The van der Waals surface area contributed by atoms with Gasteiger partial charge in [0, 0.05) is 18.0 Å². The summed E-state index contributed by atoms with van der Waals surface area (Å²) >= 11 is 0. The summed E-state index contributed by atoms with van der Waals surface area (Å²) in [5.74, 6) is -0.149. The smallest absolute Gasteiger partial charge is 0.237 e. The topological polar surface area (TPSA) is 75.3 Å². The van der Waals surface area contributed by atoms with Gasteiger partial charge in [0.25, 0.3) is 0 Å². The number of sulfone groups is 1. The minimum absolute atomic E-state index is 0.0199. The maximum absolute atomic E-state index is 11.5. The average molecular weight is 244 g/mol. The standard InChI is InChI=1S/C10H16N2O3S/c1-3-5-11-10(13)8(2)12-9-4-6-16(14,15)7-9/h3-4,6,8-9,12H,1,5,7H2,2H3,(H,11,13). The van der Waals surface area contributed by atoms with Crippen molar-refractivity contribution in [2.75, 3.05) is 12.3 Å². The van der Waals surface area contributed by atoms with Gasteiger partial charge in [-0.2, -0.15) is 0 Å². The van der Waals surface area contributed by atoms with Gasteiger partial charge in [0.1, 0.15) is 0 Å². The van der Waals surface area contributed by atoms with E-state index >= 15 is 0 Å². The molecule has 1 rings (SSSR count). The van der Waals surface area contributed by atoms with E-state index in [2.05, 4.69) is 17.2 Å². The summed E-state index contributed by atoms with van der Waals surface area (Å²) in [6, 6.07) is -0.711. The Labute approximate surface area is 95.5 Å². The van der Waals surface area contributed by atoms with Crippen LogP contribution in [0.25, 0.3) is 0 Å². The van der Waals surface area contributed by atoms with E-state index in [9.17, 15) is 13.2 Å². The second-order valence-electron chi connectivity index (χ2n) is 3.69. The normalized spacial score (nSPS) is 23.9. The number of amides is 1. The summed E-state index contributed by atoms with van der Waals surface area (Å²) in [5.41, 5.74) is 0. The first kappa shape index (κ1) is 12.9. The van der Waals surface area contributed by atoms with Crippen LogP contribution >= 0.6 is 0 Å². The molecular formula is C10H16N2O3S. The lowest BCUT2D eigenvalue weighted by molar-refractivity contribution is -0.122. The summed E-state index contributed by atoms with van der Waals surface area (Å²) in [5, 5.41) is 6.74. The summed E-state index contributed by atoms with van der Waals surface area (Å²) in [7, 11) is -3.07. The van der Waals surface area contributed by atoms with Crippen LogP contribution in [0.3, 0.4) is 0 Å². The third-order valence-corrected chi connectivity index (χ3v) is 3.60. The summed E-state index contributed by atoms with van der Waals surface area (Å²) < 4.78 is 22.2. The van der Waals surface area contributed by atoms with E-state index < -0.39 is 15.9 Å². The third-order valence-electron chi connectivity index (χ3n) is 2.21. The summed E-state index contributed by atoms with van der Waals surface area (Å²) in [6.07, 6.45) is 3.15. The quantitative estimate of drug-likeness (QED) is 0.644. The Morgan fingerprint density at radius 1 is 1.69 bits per heavy atom. The molecule has 1 heterocycles. The molecule has 6 heteroatoms. The van der Waals surface area contributed by atoms with E-state index in [0.29, 0.717) is 6.54 Å². The molecule has 5 nitrogen and oxygen atoms in total. The van der Waals surface area contributed by atoms with Gasteiger partial charge in [0.15, 0.2) is 9.84 Å². The second-order valence-corrected chi connectivity index (χ2v) is 5.62. The van der Waals surface area contributed by atoms with Crippen LogP contribution in [0, 0.1) is 0 Å². The predicted molar refractivity (Wildman–Crippen MR) is 62.5 cm³/mol. The van der Waals surface area contributed by atoms with E-state index in [4.69, 9.17) is 0 Å². The molecule has 0 aromatic carbocycles. The molecule has 0 saturated carbocycles. The van der Waals surface area contributed by atoms with Gasteiger partial charge in [-0.15, -0.1) is 6.58 Å². The van der Waals surface area contributed by atoms with Crippen molar-refractivity contribution < 1.29 is 13.2 Å². The van der Waals surface area contributed by atoms with Crippen LogP contribution in [0.4, 0.5) is 0 Å². The first-order valence-electron chi connectivity index (χ1n) is 5.00. The monoisotopic (exact) mass is 244 g/mol. The van der Waals surface area contributed by atoms with Crippen molar-refractivity contribution in [3.05, 3.63) is 24.1 Å². The first-order valence-corrected chi connectivity index (χ1v) is 6.72. The molecule has 0 aromatic rings. The lowest BCUT2D eigenvalue weighted by atomic mass is 10.2. The van der Waals surface area contributed by atoms with Crippen LogP contribution in [0.15, 0.2) is 24.1 Å². The molecule has 2 N–H and O–H groups in total. The van der Waals surface area contributed by atoms with E-state index in [1.54, 1.807) is 19.1 Å². The van der Waals surface area contributed by atoms with E-state index in [1.807, 2.05) is 0 Å². The van der Waals surface area contributed by atoms with Gasteiger partial charge >= 0.3 is 0 Å². The molecule has 1 amide bonds. The van der Waals surface area contributed by atoms with Crippen molar-refractivity contribution in [2.24, 2.45) is 0 Å². The van der Waals surface area contributed by atoms with Crippen molar-refractivity contribution in [2.45, 2.75) is 19.0 Å². The van der Waals surface area contributed by atoms with Crippen molar-refractivity contribution >= 4 is 15.7 Å². The predicted octanol–water partition coefficient (Wildman–Crippen LogP) is -0.423. The third kappa shape index (κ3) is 3.79. The van der Waals surface area contributed by atoms with Crippen LogP contribution in [0.1, 0.15) is 6.92 Å². The average Bonchev–Trinajstić information content (AvgIpc) is 2.54. The Morgan fingerprint density at radius 2 is 2.38 bits per heavy atom. The van der Waals surface area contributed by atoms with Gasteiger partial charge in [0.05, 0.1) is 11.8 Å². The first-order chi connectivity index (χ1) is 7.44. The Balaban J connectivity index is 2.41. The highest BCUT2D eigenvalue weighted by Gasteiger charge is 2.24. The minimum atomic E-state index is -3.07. The van der Waals surface area contributed by atoms with Crippen molar-refractivity contribution in [1.82, 2.24) is 10.6 Å². The van der Waals surface area contributed by atoms with Gasteiger partial charge < -0.3 is 5.32 Å². The fourth-order valence-electron chi connectivity index (χ4n) is 1.40. The molecule has 1 aliphatic heterocycles. The van der Waals surface area contributed by atoms with Crippen LogP contribution in [-0.4, -0.2) is 38.7 Å². The molecule has 90 valence electrons. The summed E-state index contributed by atoms with van der Waals surface area (Å²) in [4.78, 5) is 11.5. The van der Waals surface area contributed by atoms with Gasteiger partial charge in [0.2, 0.25) is 5.91 Å². The molecular weight excluding hydrogens is 228 g/mol. The molecule has 1 aliphatic rings. The molecule has 16 heavy (non-hydrogen) atoms. The number of carbonyl (C=O) groups is 1. The molecule has 0 saturated heterocycles. The van der Waals surface area contributed by atoms with Crippen LogP contribution in [0.2, 0.25) is 0 Å². The Morgan fingerprint density at radius 3 is 2.88 bits per heavy atom. The Bertz CT molecular complexity index is 400. The molecule has 0 spiro atoms. The van der Waals surface area contributed by atoms with E-state index in [1.165, 1.54) is 5.41 Å². The van der Waals surface area contributed by atoms with E-state index in [-0.39, 0.29) is 17.7 Å². The van der Waals surface area contributed by atoms with Gasteiger partial charge in [-0.05, 0) is 6.92 Å². The molecule has 2 unspecified atom stereocenters. The van der Waals surface area contributed by atoms with Gasteiger partial charge in [-0.25, -0.2) is 8.42 Å². The Kier molecular flexibility index (Phi) is 4.26. The summed E-state index contributed by atoms with van der Waals surface area (Å²) in [6.45, 7) is 5.59. The fraction of sp³-hybridized carbons (Fsp3) is 0.500. The van der Waals surface area contributed by atoms with Crippen molar-refractivity contribution in [3.8, 4) is 0 Å². The highest BCUT2D eigenvalue weighted by atomic mass is 32.2.